The summed E-state index contributed by atoms with van der Waals surface area (Å²) in [4.78, 5) is 27.2. The highest BCUT2D eigenvalue weighted by molar-refractivity contribution is 5.86. The molecule has 2 rings (SSSR count). The molecular formula is C13H13N3O2. The van der Waals surface area contributed by atoms with Gasteiger partial charge < -0.3 is 5.32 Å². The van der Waals surface area contributed by atoms with Crippen molar-refractivity contribution in [3.8, 4) is 0 Å². The zero-order valence-electron chi connectivity index (χ0n) is 9.80. The van der Waals surface area contributed by atoms with E-state index in [9.17, 15) is 9.59 Å². The van der Waals surface area contributed by atoms with Gasteiger partial charge in [0.15, 0.2) is 0 Å². The van der Waals surface area contributed by atoms with Crippen LogP contribution in [0.3, 0.4) is 0 Å². The first-order valence-corrected chi connectivity index (χ1v) is 5.57. The Kier molecular flexibility index (Phi) is 3.52. The molecule has 0 radical (unpaired) electrons. The minimum absolute atomic E-state index is 0.103. The van der Waals surface area contributed by atoms with Gasteiger partial charge in [0.05, 0.1) is 17.2 Å². The third-order valence-electron chi connectivity index (χ3n) is 2.57. The average molecular weight is 243 g/mol. The fourth-order valence-electron chi connectivity index (χ4n) is 1.64. The van der Waals surface area contributed by atoms with E-state index in [-0.39, 0.29) is 11.5 Å². The van der Waals surface area contributed by atoms with Gasteiger partial charge in [0.1, 0.15) is 0 Å². The summed E-state index contributed by atoms with van der Waals surface area (Å²) in [6.07, 6.45) is 2.69. The Hall–Kier alpha value is -2.43. The minimum atomic E-state index is -0.253. The number of nitrogens with zero attached hydrogens (tertiary/aromatic N) is 2. The standard InChI is InChI=1S/C13H13N3O2/c1-2-12(17)14-7-8-16-9-15-11-6-4-3-5-10(11)13(16)18/h2-6,9H,1,7-8H2,(H,14,17). The first-order valence-electron chi connectivity index (χ1n) is 5.57. The van der Waals surface area contributed by atoms with Crippen LogP contribution < -0.4 is 10.9 Å². The van der Waals surface area contributed by atoms with E-state index in [0.717, 1.165) is 0 Å². The molecule has 18 heavy (non-hydrogen) atoms. The molecule has 0 saturated heterocycles. The first-order chi connectivity index (χ1) is 8.72. The number of amides is 1. The number of fused-ring (bicyclic) bond motifs is 1. The second-order valence-electron chi connectivity index (χ2n) is 3.76. The Morgan fingerprint density at radius 2 is 2.22 bits per heavy atom. The van der Waals surface area contributed by atoms with E-state index in [1.807, 2.05) is 6.07 Å². The van der Waals surface area contributed by atoms with E-state index in [1.165, 1.54) is 17.0 Å². The first kappa shape index (κ1) is 12.0. The number of nitrogens with one attached hydrogen (secondary N) is 1. The zero-order chi connectivity index (χ0) is 13.0. The molecule has 5 heteroatoms. The van der Waals surface area contributed by atoms with Gasteiger partial charge in [-0.3, -0.25) is 14.2 Å². The molecule has 92 valence electrons. The molecule has 1 aromatic heterocycles. The second-order valence-corrected chi connectivity index (χ2v) is 3.76. The summed E-state index contributed by atoms with van der Waals surface area (Å²) >= 11 is 0. The number of hydrogen-bond donors (Lipinski definition) is 1. The maximum Gasteiger partial charge on any atom is 0.261 e. The molecular weight excluding hydrogens is 230 g/mol. The number of rotatable bonds is 4. The molecule has 0 spiro atoms. The predicted molar refractivity (Wildman–Crippen MR) is 69.2 cm³/mol. The normalized spacial score (nSPS) is 10.2. The number of carbonyl (C=O) groups is 1. The van der Waals surface area contributed by atoms with Crippen LogP contribution in [0.2, 0.25) is 0 Å². The van der Waals surface area contributed by atoms with Crippen molar-refractivity contribution in [1.29, 1.82) is 0 Å². The van der Waals surface area contributed by atoms with E-state index in [1.54, 1.807) is 18.2 Å². The van der Waals surface area contributed by atoms with Crippen LogP contribution in [0.5, 0.6) is 0 Å². The van der Waals surface area contributed by atoms with Crippen LogP contribution in [0.1, 0.15) is 0 Å². The monoisotopic (exact) mass is 243 g/mol. The zero-order valence-corrected chi connectivity index (χ0v) is 9.80. The van der Waals surface area contributed by atoms with E-state index < -0.39 is 0 Å². The SMILES string of the molecule is C=CC(=O)NCCn1cnc2ccccc2c1=O. The van der Waals surface area contributed by atoms with Gasteiger partial charge in [0.2, 0.25) is 5.91 Å². The molecule has 0 bridgehead atoms. The number of benzene rings is 1. The van der Waals surface area contributed by atoms with Crippen molar-refractivity contribution in [1.82, 2.24) is 14.9 Å². The summed E-state index contributed by atoms with van der Waals surface area (Å²) in [5.41, 5.74) is 0.572. The lowest BCUT2D eigenvalue weighted by atomic mass is 10.2. The second kappa shape index (κ2) is 5.27. The van der Waals surface area contributed by atoms with Crippen molar-refractivity contribution < 1.29 is 4.79 Å². The van der Waals surface area contributed by atoms with Crippen LogP contribution in [0.15, 0.2) is 48.0 Å². The van der Waals surface area contributed by atoms with E-state index in [2.05, 4.69) is 16.9 Å². The molecule has 1 aromatic carbocycles. The fourth-order valence-corrected chi connectivity index (χ4v) is 1.64. The van der Waals surface area contributed by atoms with Crippen LogP contribution in [-0.2, 0) is 11.3 Å². The van der Waals surface area contributed by atoms with Gasteiger partial charge in [0, 0.05) is 13.1 Å². The van der Waals surface area contributed by atoms with Crippen LogP contribution >= 0.6 is 0 Å². The van der Waals surface area contributed by atoms with Gasteiger partial charge in [-0.15, -0.1) is 0 Å². The number of hydrogen-bond acceptors (Lipinski definition) is 3. The average Bonchev–Trinajstić information content (AvgIpc) is 2.41. The number of para-hydroxylation sites is 1. The van der Waals surface area contributed by atoms with Gasteiger partial charge >= 0.3 is 0 Å². The quantitative estimate of drug-likeness (QED) is 0.804. The molecule has 0 aliphatic heterocycles. The Morgan fingerprint density at radius 1 is 1.44 bits per heavy atom. The molecule has 2 aromatic rings. The molecule has 1 heterocycles. The third kappa shape index (κ3) is 2.45. The summed E-state index contributed by atoms with van der Waals surface area (Å²) in [5.74, 6) is -0.253. The highest BCUT2D eigenvalue weighted by Gasteiger charge is 2.03. The minimum Gasteiger partial charge on any atom is -0.351 e. The Bertz CT molecular complexity index is 646. The summed E-state index contributed by atoms with van der Waals surface area (Å²) in [6, 6.07) is 7.17. The molecule has 1 N–H and O–H groups in total. The topological polar surface area (TPSA) is 64.0 Å². The van der Waals surface area contributed by atoms with Crippen LogP contribution in [0.25, 0.3) is 10.9 Å². The van der Waals surface area contributed by atoms with Crippen molar-refractivity contribution >= 4 is 16.8 Å². The van der Waals surface area contributed by atoms with Gasteiger partial charge in [-0.25, -0.2) is 4.98 Å². The van der Waals surface area contributed by atoms with Gasteiger partial charge in [-0.1, -0.05) is 18.7 Å². The molecule has 0 aliphatic rings. The highest BCUT2D eigenvalue weighted by Crippen LogP contribution is 2.04. The van der Waals surface area contributed by atoms with Gasteiger partial charge in [0.25, 0.3) is 5.56 Å². The lowest BCUT2D eigenvalue weighted by Gasteiger charge is -2.06. The molecule has 0 saturated carbocycles. The third-order valence-corrected chi connectivity index (χ3v) is 2.57. The number of carbonyl (C=O) groups excluding carboxylic acids is 1. The maximum absolute atomic E-state index is 12.1. The van der Waals surface area contributed by atoms with E-state index in [4.69, 9.17) is 0 Å². The Balaban J connectivity index is 2.19. The largest absolute Gasteiger partial charge is 0.351 e. The number of aromatic nitrogens is 2. The lowest BCUT2D eigenvalue weighted by molar-refractivity contribution is -0.116. The van der Waals surface area contributed by atoms with Crippen molar-refractivity contribution in [3.63, 3.8) is 0 Å². The molecule has 0 atom stereocenters. The lowest BCUT2D eigenvalue weighted by Crippen LogP contribution is -2.29. The summed E-state index contributed by atoms with van der Waals surface area (Å²) in [5, 5.41) is 3.19. The summed E-state index contributed by atoms with van der Waals surface area (Å²) < 4.78 is 1.48. The van der Waals surface area contributed by atoms with Crippen molar-refractivity contribution in [3.05, 3.63) is 53.6 Å². The molecule has 0 unspecified atom stereocenters. The fraction of sp³-hybridized carbons (Fsp3) is 0.154. The van der Waals surface area contributed by atoms with Crippen molar-refractivity contribution in [2.45, 2.75) is 6.54 Å². The molecule has 5 nitrogen and oxygen atoms in total. The Labute approximate surface area is 104 Å². The summed E-state index contributed by atoms with van der Waals surface area (Å²) in [6.45, 7) is 4.10. The highest BCUT2D eigenvalue weighted by atomic mass is 16.1. The van der Waals surface area contributed by atoms with Crippen molar-refractivity contribution in [2.75, 3.05) is 6.54 Å². The molecule has 1 amide bonds. The molecule has 0 fully saturated rings. The Morgan fingerprint density at radius 3 is 3.00 bits per heavy atom. The van der Waals surface area contributed by atoms with Crippen LogP contribution in [-0.4, -0.2) is 22.0 Å². The van der Waals surface area contributed by atoms with Gasteiger partial charge in [-0.2, -0.15) is 0 Å². The van der Waals surface area contributed by atoms with E-state index in [0.29, 0.717) is 24.0 Å². The predicted octanol–water partition coefficient (Wildman–Crippen LogP) is 0.699. The van der Waals surface area contributed by atoms with Crippen LogP contribution in [0.4, 0.5) is 0 Å². The molecule has 0 aliphatic carbocycles. The van der Waals surface area contributed by atoms with Crippen LogP contribution in [0, 0.1) is 0 Å². The van der Waals surface area contributed by atoms with E-state index >= 15 is 0 Å². The van der Waals surface area contributed by atoms with Gasteiger partial charge in [-0.05, 0) is 18.2 Å². The maximum atomic E-state index is 12.1. The smallest absolute Gasteiger partial charge is 0.261 e. The summed E-state index contributed by atoms with van der Waals surface area (Å²) in [7, 11) is 0. The van der Waals surface area contributed by atoms with Crippen molar-refractivity contribution in [2.24, 2.45) is 0 Å².